The van der Waals surface area contributed by atoms with Gasteiger partial charge in [-0.1, -0.05) is 35.9 Å². The molecule has 0 radical (unpaired) electrons. The molecule has 3 aromatic rings. The molecule has 0 unspecified atom stereocenters. The van der Waals surface area contributed by atoms with Crippen molar-refractivity contribution in [1.29, 1.82) is 0 Å². The smallest absolute Gasteiger partial charge is 0.187 e. The third-order valence-corrected chi connectivity index (χ3v) is 3.69. The van der Waals surface area contributed by atoms with Crippen LogP contribution in [0.15, 0.2) is 54.7 Å². The zero-order valence-corrected chi connectivity index (χ0v) is 12.7. The Balaban J connectivity index is 1.84. The highest BCUT2D eigenvalue weighted by Crippen LogP contribution is 2.23. The zero-order valence-electron chi connectivity index (χ0n) is 12.0. The van der Waals surface area contributed by atoms with E-state index in [0.717, 1.165) is 22.2 Å². The second-order valence-corrected chi connectivity index (χ2v) is 5.30. The first-order chi connectivity index (χ1) is 10.7. The lowest BCUT2D eigenvalue weighted by Gasteiger charge is -1.99. The minimum Gasteiger partial charge on any atom is -0.497 e. The molecule has 110 valence electrons. The van der Waals surface area contributed by atoms with E-state index in [-0.39, 0.29) is 5.78 Å². The first-order valence-electron chi connectivity index (χ1n) is 6.80. The second-order valence-electron chi connectivity index (χ2n) is 4.86. The van der Waals surface area contributed by atoms with Crippen molar-refractivity contribution < 1.29 is 9.53 Å². The van der Waals surface area contributed by atoms with Crippen molar-refractivity contribution in [3.05, 3.63) is 70.9 Å². The number of aromatic amines is 1. The van der Waals surface area contributed by atoms with Gasteiger partial charge in [0.05, 0.1) is 7.11 Å². The molecule has 0 saturated heterocycles. The number of rotatable bonds is 4. The molecule has 0 saturated carbocycles. The summed E-state index contributed by atoms with van der Waals surface area (Å²) in [5.41, 5.74) is 2.43. The van der Waals surface area contributed by atoms with E-state index in [4.69, 9.17) is 16.3 Å². The number of hydrogen-bond acceptors (Lipinski definition) is 2. The van der Waals surface area contributed by atoms with Gasteiger partial charge in [0.15, 0.2) is 5.78 Å². The Morgan fingerprint density at radius 1 is 1.18 bits per heavy atom. The number of hydrogen-bond donors (Lipinski definition) is 1. The number of ketones is 1. The van der Waals surface area contributed by atoms with E-state index < -0.39 is 0 Å². The maximum Gasteiger partial charge on any atom is 0.187 e. The normalized spacial score (nSPS) is 11.2. The monoisotopic (exact) mass is 311 g/mol. The van der Waals surface area contributed by atoms with Gasteiger partial charge in [0.1, 0.15) is 5.75 Å². The molecule has 4 heteroatoms. The fourth-order valence-corrected chi connectivity index (χ4v) is 2.45. The van der Waals surface area contributed by atoms with Gasteiger partial charge in [-0.05, 0) is 35.9 Å². The van der Waals surface area contributed by atoms with Crippen molar-refractivity contribution in [3.63, 3.8) is 0 Å². The molecule has 1 N–H and O–H groups in total. The van der Waals surface area contributed by atoms with Gasteiger partial charge >= 0.3 is 0 Å². The minimum absolute atomic E-state index is 0.0515. The molecule has 1 heterocycles. The number of allylic oxidation sites excluding steroid dienone is 1. The minimum atomic E-state index is -0.0515. The van der Waals surface area contributed by atoms with E-state index in [9.17, 15) is 4.79 Å². The number of benzene rings is 2. The van der Waals surface area contributed by atoms with E-state index in [2.05, 4.69) is 4.98 Å². The summed E-state index contributed by atoms with van der Waals surface area (Å²) in [5, 5.41) is 1.51. The SMILES string of the molecule is COc1ccc(C=CC(=O)c2c[nH]c3cc(Cl)ccc23)cc1. The second kappa shape index (κ2) is 6.08. The highest BCUT2D eigenvalue weighted by molar-refractivity contribution is 6.31. The lowest BCUT2D eigenvalue weighted by molar-refractivity contribution is 0.104. The molecule has 0 aliphatic carbocycles. The Hall–Kier alpha value is -2.52. The summed E-state index contributed by atoms with van der Waals surface area (Å²) in [4.78, 5) is 15.4. The van der Waals surface area contributed by atoms with Crippen LogP contribution in [0.1, 0.15) is 15.9 Å². The fraction of sp³-hybridized carbons (Fsp3) is 0.0556. The van der Waals surface area contributed by atoms with E-state index >= 15 is 0 Å². The number of nitrogens with one attached hydrogen (secondary N) is 1. The van der Waals surface area contributed by atoms with Gasteiger partial charge in [-0.2, -0.15) is 0 Å². The lowest BCUT2D eigenvalue weighted by atomic mass is 10.1. The number of carbonyl (C=O) groups excluding carboxylic acids is 1. The molecule has 0 aliphatic rings. The molecular formula is C18H14ClNO2. The quantitative estimate of drug-likeness (QED) is 0.559. The Labute approximate surface area is 133 Å². The molecular weight excluding hydrogens is 298 g/mol. The largest absolute Gasteiger partial charge is 0.497 e. The van der Waals surface area contributed by atoms with Crippen molar-refractivity contribution in [1.82, 2.24) is 4.98 Å². The summed E-state index contributed by atoms with van der Waals surface area (Å²) >= 11 is 5.94. The predicted octanol–water partition coefficient (Wildman–Crippen LogP) is 4.73. The van der Waals surface area contributed by atoms with Crippen LogP contribution >= 0.6 is 11.6 Å². The van der Waals surface area contributed by atoms with Crippen LogP contribution in [0.2, 0.25) is 5.02 Å². The highest BCUT2D eigenvalue weighted by atomic mass is 35.5. The van der Waals surface area contributed by atoms with Crippen molar-refractivity contribution >= 4 is 34.4 Å². The molecule has 0 amide bonds. The van der Waals surface area contributed by atoms with Crippen molar-refractivity contribution in [3.8, 4) is 5.75 Å². The maximum absolute atomic E-state index is 12.3. The topological polar surface area (TPSA) is 42.1 Å². The van der Waals surface area contributed by atoms with Crippen molar-refractivity contribution in [2.24, 2.45) is 0 Å². The van der Waals surface area contributed by atoms with Gasteiger partial charge in [-0.15, -0.1) is 0 Å². The number of carbonyl (C=O) groups is 1. The van der Waals surface area contributed by atoms with Crippen LogP contribution in [-0.4, -0.2) is 17.9 Å². The predicted molar refractivity (Wildman–Crippen MR) is 89.7 cm³/mol. The van der Waals surface area contributed by atoms with Crippen LogP contribution < -0.4 is 4.74 Å². The van der Waals surface area contributed by atoms with E-state index in [0.29, 0.717) is 10.6 Å². The van der Waals surface area contributed by atoms with Crippen LogP contribution in [-0.2, 0) is 0 Å². The zero-order chi connectivity index (χ0) is 15.5. The van der Waals surface area contributed by atoms with Gasteiger partial charge in [0.2, 0.25) is 0 Å². The number of methoxy groups -OCH3 is 1. The summed E-state index contributed by atoms with van der Waals surface area (Å²) in [6.07, 6.45) is 5.07. The molecule has 0 spiro atoms. The first-order valence-corrected chi connectivity index (χ1v) is 7.18. The Bertz CT molecular complexity index is 847. The third-order valence-electron chi connectivity index (χ3n) is 3.45. The van der Waals surface area contributed by atoms with E-state index in [1.165, 1.54) is 0 Å². The number of aromatic nitrogens is 1. The van der Waals surface area contributed by atoms with E-state index in [1.54, 1.807) is 37.6 Å². The van der Waals surface area contributed by atoms with Crippen LogP contribution in [0.4, 0.5) is 0 Å². The van der Waals surface area contributed by atoms with Gasteiger partial charge in [-0.3, -0.25) is 4.79 Å². The number of H-pyrrole nitrogens is 1. The van der Waals surface area contributed by atoms with Crippen LogP contribution in [0, 0.1) is 0 Å². The van der Waals surface area contributed by atoms with Gasteiger partial charge in [-0.25, -0.2) is 0 Å². The van der Waals surface area contributed by atoms with Gasteiger partial charge in [0, 0.05) is 27.7 Å². The molecule has 0 fully saturated rings. The number of fused-ring (bicyclic) bond motifs is 1. The maximum atomic E-state index is 12.3. The van der Waals surface area contributed by atoms with E-state index in [1.807, 2.05) is 30.3 Å². The standard InChI is InChI=1S/C18H14ClNO2/c1-22-14-6-2-12(3-7-14)4-9-18(21)16-11-20-17-10-13(19)5-8-15(16)17/h2-11,20H,1H3. The van der Waals surface area contributed by atoms with Crippen LogP contribution in [0.5, 0.6) is 5.75 Å². The van der Waals surface area contributed by atoms with Gasteiger partial charge in [0.25, 0.3) is 0 Å². The molecule has 0 bridgehead atoms. The van der Waals surface area contributed by atoms with Gasteiger partial charge < -0.3 is 9.72 Å². The highest BCUT2D eigenvalue weighted by Gasteiger charge is 2.09. The Morgan fingerprint density at radius 2 is 1.95 bits per heavy atom. The average molecular weight is 312 g/mol. The van der Waals surface area contributed by atoms with Crippen LogP contribution in [0.3, 0.4) is 0 Å². The Kier molecular flexibility index (Phi) is 3.98. The fourth-order valence-electron chi connectivity index (χ4n) is 2.28. The molecule has 22 heavy (non-hydrogen) atoms. The van der Waals surface area contributed by atoms with Crippen LogP contribution in [0.25, 0.3) is 17.0 Å². The average Bonchev–Trinajstić information content (AvgIpc) is 2.96. The summed E-state index contributed by atoms with van der Waals surface area (Å²) in [5.74, 6) is 0.737. The van der Waals surface area contributed by atoms with Crippen molar-refractivity contribution in [2.45, 2.75) is 0 Å². The lowest BCUT2D eigenvalue weighted by Crippen LogP contribution is -1.92. The van der Waals surface area contributed by atoms with Crippen molar-refractivity contribution in [2.75, 3.05) is 7.11 Å². The molecule has 0 atom stereocenters. The summed E-state index contributed by atoms with van der Waals surface area (Å²) in [6, 6.07) is 13.0. The number of ether oxygens (including phenoxy) is 1. The molecule has 2 aromatic carbocycles. The molecule has 0 aliphatic heterocycles. The molecule has 1 aromatic heterocycles. The third kappa shape index (κ3) is 2.90. The summed E-state index contributed by atoms with van der Waals surface area (Å²) in [7, 11) is 1.62. The molecule has 3 rings (SSSR count). The summed E-state index contributed by atoms with van der Waals surface area (Å²) < 4.78 is 5.11. The molecule has 3 nitrogen and oxygen atoms in total. The summed E-state index contributed by atoms with van der Waals surface area (Å²) in [6.45, 7) is 0. The number of halogens is 1. The first kappa shape index (κ1) is 14.4. The Morgan fingerprint density at radius 3 is 2.68 bits per heavy atom.